The van der Waals surface area contributed by atoms with Gasteiger partial charge in [-0.1, -0.05) is 11.3 Å². The molecule has 2 aromatic heterocycles. The number of aromatic nitrogens is 4. The summed E-state index contributed by atoms with van der Waals surface area (Å²) in [4.78, 5) is 16.7. The molecule has 1 aliphatic rings. The minimum Gasteiger partial charge on any atom is -0.340 e. The third-order valence-electron chi connectivity index (χ3n) is 3.70. The van der Waals surface area contributed by atoms with Crippen LogP contribution in [0.15, 0.2) is 12.5 Å². The van der Waals surface area contributed by atoms with Crippen LogP contribution in [0.5, 0.6) is 0 Å². The zero-order valence-electron chi connectivity index (χ0n) is 12.7. The Hall–Kier alpha value is -2.01. The Labute approximate surface area is 139 Å². The van der Waals surface area contributed by atoms with Gasteiger partial charge in [-0.25, -0.2) is 4.98 Å². The number of anilines is 1. The van der Waals surface area contributed by atoms with Crippen molar-refractivity contribution in [2.24, 2.45) is 13.0 Å². The second kappa shape index (κ2) is 6.48. The van der Waals surface area contributed by atoms with Gasteiger partial charge in [0.1, 0.15) is 5.01 Å². The van der Waals surface area contributed by atoms with E-state index in [0.29, 0.717) is 13.1 Å². The van der Waals surface area contributed by atoms with Crippen molar-refractivity contribution in [2.75, 3.05) is 18.4 Å². The maximum absolute atomic E-state index is 12.4. The molecule has 0 spiro atoms. The fourth-order valence-electron chi connectivity index (χ4n) is 2.63. The van der Waals surface area contributed by atoms with Gasteiger partial charge in [0.15, 0.2) is 0 Å². The molecular weight excluding hydrogens is 345 g/mol. The number of nitrogens with zero attached hydrogens (tertiary/aromatic N) is 4. The van der Waals surface area contributed by atoms with E-state index in [1.807, 2.05) is 13.2 Å². The van der Waals surface area contributed by atoms with Crippen molar-refractivity contribution in [3.8, 4) is 0 Å². The number of amides is 1. The molecule has 2 atom stereocenters. The van der Waals surface area contributed by atoms with Gasteiger partial charge in [-0.05, 0) is 0 Å². The van der Waals surface area contributed by atoms with Crippen molar-refractivity contribution < 1.29 is 18.0 Å². The van der Waals surface area contributed by atoms with Crippen LogP contribution in [0.3, 0.4) is 0 Å². The van der Waals surface area contributed by atoms with Gasteiger partial charge in [0.2, 0.25) is 11.0 Å². The fraction of sp³-hybridized carbons (Fsp3) is 0.538. The Bertz CT molecular complexity index is 727. The number of carbonyl (C=O) groups is 1. The van der Waals surface area contributed by atoms with E-state index in [-0.39, 0.29) is 27.9 Å². The van der Waals surface area contributed by atoms with E-state index >= 15 is 0 Å². The monoisotopic (exact) mass is 360 g/mol. The van der Waals surface area contributed by atoms with Crippen molar-refractivity contribution >= 4 is 22.4 Å². The smallest absolute Gasteiger partial charge is 0.340 e. The van der Waals surface area contributed by atoms with Crippen LogP contribution < -0.4 is 10.6 Å². The van der Waals surface area contributed by atoms with Crippen LogP contribution in [0.2, 0.25) is 0 Å². The lowest BCUT2D eigenvalue weighted by Crippen LogP contribution is -2.28. The molecule has 1 saturated heterocycles. The number of halogens is 3. The molecule has 1 fully saturated rings. The molecule has 3 rings (SSSR count). The van der Waals surface area contributed by atoms with Crippen molar-refractivity contribution in [2.45, 2.75) is 18.5 Å². The molecule has 7 nitrogen and oxygen atoms in total. The van der Waals surface area contributed by atoms with Crippen molar-refractivity contribution in [1.29, 1.82) is 0 Å². The number of carbonyl (C=O) groups excluding carboxylic acids is 1. The summed E-state index contributed by atoms with van der Waals surface area (Å²) in [6, 6.07) is 0. The number of aryl methyl sites for hydroxylation is 1. The first-order chi connectivity index (χ1) is 11.3. The topological polar surface area (TPSA) is 84.7 Å². The Morgan fingerprint density at radius 1 is 1.46 bits per heavy atom. The molecule has 2 aromatic rings. The van der Waals surface area contributed by atoms with Gasteiger partial charge < -0.3 is 15.2 Å². The van der Waals surface area contributed by atoms with Crippen LogP contribution in [-0.4, -0.2) is 44.9 Å². The highest BCUT2D eigenvalue weighted by molar-refractivity contribution is 7.15. The summed E-state index contributed by atoms with van der Waals surface area (Å²) in [5, 5.41) is 12.7. The predicted octanol–water partition coefficient (Wildman–Crippen LogP) is 1.32. The van der Waals surface area contributed by atoms with Crippen LogP contribution in [0.1, 0.15) is 16.6 Å². The molecule has 0 unspecified atom stereocenters. The summed E-state index contributed by atoms with van der Waals surface area (Å²) in [5.74, 6) is -0.756. The lowest BCUT2D eigenvalue weighted by Gasteiger charge is -2.15. The normalized spacial score (nSPS) is 21.2. The van der Waals surface area contributed by atoms with E-state index < -0.39 is 12.6 Å². The summed E-state index contributed by atoms with van der Waals surface area (Å²) in [5.41, 5.74) is 0.803. The number of hydrogen-bond donors (Lipinski definition) is 2. The van der Waals surface area contributed by atoms with E-state index in [1.165, 1.54) is 0 Å². The molecular formula is C13H15F3N6OS. The first kappa shape index (κ1) is 16.8. The second-order valence-corrected chi connectivity index (χ2v) is 6.68. The molecule has 0 aromatic carbocycles. The van der Waals surface area contributed by atoms with Crippen molar-refractivity contribution in [3.63, 3.8) is 0 Å². The number of rotatable bonds is 4. The van der Waals surface area contributed by atoms with Gasteiger partial charge in [-0.2, -0.15) is 13.2 Å². The summed E-state index contributed by atoms with van der Waals surface area (Å²) in [7, 11) is 1.84. The van der Waals surface area contributed by atoms with E-state index in [1.54, 1.807) is 10.9 Å². The average Bonchev–Trinajstić information content (AvgIpc) is 3.17. The molecule has 0 radical (unpaired) electrons. The van der Waals surface area contributed by atoms with Crippen LogP contribution in [-0.2, 0) is 18.3 Å². The van der Waals surface area contributed by atoms with Crippen molar-refractivity contribution in [3.05, 3.63) is 23.2 Å². The van der Waals surface area contributed by atoms with E-state index in [0.717, 1.165) is 17.0 Å². The van der Waals surface area contributed by atoms with E-state index in [2.05, 4.69) is 25.8 Å². The lowest BCUT2D eigenvalue weighted by molar-refractivity contribution is -0.127. The van der Waals surface area contributed by atoms with Gasteiger partial charge in [-0.3, -0.25) is 4.79 Å². The molecule has 0 saturated carbocycles. The van der Waals surface area contributed by atoms with Crippen LogP contribution in [0.25, 0.3) is 0 Å². The lowest BCUT2D eigenvalue weighted by atomic mass is 9.92. The number of hydrogen-bond acceptors (Lipinski definition) is 6. The molecule has 1 amide bonds. The molecule has 0 aliphatic carbocycles. The van der Waals surface area contributed by atoms with Crippen molar-refractivity contribution in [1.82, 2.24) is 25.1 Å². The highest BCUT2D eigenvalue weighted by atomic mass is 32.1. The maximum atomic E-state index is 12.4. The molecule has 130 valence electrons. The Morgan fingerprint density at radius 3 is 2.92 bits per heavy atom. The second-order valence-electron chi connectivity index (χ2n) is 5.62. The van der Waals surface area contributed by atoms with Crippen LogP contribution >= 0.6 is 11.3 Å². The minimum absolute atomic E-state index is 0.0749. The molecule has 11 heteroatoms. The summed E-state index contributed by atoms with van der Waals surface area (Å²) >= 11 is 0.734. The molecule has 3 heterocycles. The third-order valence-corrected chi connectivity index (χ3v) is 4.54. The summed E-state index contributed by atoms with van der Waals surface area (Å²) in [6.45, 7) is 1.09. The van der Waals surface area contributed by atoms with E-state index in [9.17, 15) is 18.0 Å². The standard InChI is InChI=1S/C13H15F3N6OS/c1-22-5-9(18-6-22)7-3-17-4-8(7)11(23)19-12-21-20-10(24-12)2-13(14,15)16/h5-8,17H,2-4H2,1H3,(H,19,21,23)/t7-,8-/m1/s1. The first-order valence-corrected chi connectivity index (χ1v) is 8.02. The van der Waals surface area contributed by atoms with Gasteiger partial charge >= 0.3 is 6.18 Å². The Balaban J connectivity index is 1.66. The van der Waals surface area contributed by atoms with Crippen LogP contribution in [0, 0.1) is 5.92 Å². The van der Waals surface area contributed by atoms with Gasteiger partial charge in [0, 0.05) is 32.3 Å². The van der Waals surface area contributed by atoms with Gasteiger partial charge in [-0.15, -0.1) is 10.2 Å². The summed E-state index contributed by atoms with van der Waals surface area (Å²) in [6.07, 6.45) is -1.98. The molecule has 1 aliphatic heterocycles. The number of alkyl halides is 3. The Kier molecular flexibility index (Phi) is 4.54. The number of imidazole rings is 1. The largest absolute Gasteiger partial charge is 0.395 e. The van der Waals surface area contributed by atoms with Gasteiger partial charge in [0.05, 0.1) is 24.4 Å². The minimum atomic E-state index is -4.35. The molecule has 24 heavy (non-hydrogen) atoms. The molecule has 0 bridgehead atoms. The van der Waals surface area contributed by atoms with Crippen LogP contribution in [0.4, 0.5) is 18.3 Å². The predicted molar refractivity (Wildman–Crippen MR) is 80.6 cm³/mol. The highest BCUT2D eigenvalue weighted by Crippen LogP contribution is 2.29. The third kappa shape index (κ3) is 3.90. The SMILES string of the molecule is Cn1cnc([C@@H]2CNC[C@H]2C(=O)Nc2nnc(CC(F)(F)F)s2)c1. The van der Waals surface area contributed by atoms with E-state index in [4.69, 9.17) is 0 Å². The maximum Gasteiger partial charge on any atom is 0.395 e. The zero-order valence-corrected chi connectivity index (χ0v) is 13.5. The molecule has 2 N–H and O–H groups in total. The average molecular weight is 360 g/mol. The Morgan fingerprint density at radius 2 is 2.25 bits per heavy atom. The van der Waals surface area contributed by atoms with Gasteiger partial charge in [0.25, 0.3) is 0 Å². The number of nitrogens with one attached hydrogen (secondary N) is 2. The quantitative estimate of drug-likeness (QED) is 0.859. The highest BCUT2D eigenvalue weighted by Gasteiger charge is 2.36. The fourth-order valence-corrected chi connectivity index (χ4v) is 3.41. The first-order valence-electron chi connectivity index (χ1n) is 7.20. The zero-order chi connectivity index (χ0) is 17.3. The summed E-state index contributed by atoms with van der Waals surface area (Å²) < 4.78 is 38.8.